The predicted molar refractivity (Wildman–Crippen MR) is 100 cm³/mol. The minimum atomic E-state index is 0.129. The van der Waals surface area contributed by atoms with E-state index in [9.17, 15) is 9.90 Å². The zero-order chi connectivity index (χ0) is 17.8. The number of carbonyl (C=O) groups excluding carboxylic acids is 1. The fraction of sp³-hybridized carbons (Fsp3) is 0.667. The maximum atomic E-state index is 12.6. The van der Waals surface area contributed by atoms with Crippen LogP contribution in [0.1, 0.15) is 55.7 Å². The molecule has 4 nitrogen and oxygen atoms in total. The van der Waals surface area contributed by atoms with Gasteiger partial charge in [-0.3, -0.25) is 9.69 Å². The van der Waals surface area contributed by atoms with Crippen LogP contribution in [0.15, 0.2) is 24.3 Å². The normalized spacial score (nSPS) is 25.0. The Morgan fingerprint density at radius 3 is 2.36 bits per heavy atom. The number of carbonyl (C=O) groups is 1. The first kappa shape index (κ1) is 18.4. The van der Waals surface area contributed by atoms with E-state index in [0.29, 0.717) is 31.0 Å². The minimum absolute atomic E-state index is 0.129. The number of amides is 1. The first-order chi connectivity index (χ1) is 12.1. The van der Waals surface area contributed by atoms with E-state index in [1.165, 1.54) is 24.0 Å². The molecular formula is C21H32N2O2. The van der Waals surface area contributed by atoms with Gasteiger partial charge in [0.1, 0.15) is 0 Å². The third kappa shape index (κ3) is 5.05. The number of nitrogens with zero attached hydrogens (tertiary/aromatic N) is 1. The molecule has 3 rings (SSSR count). The Bertz CT molecular complexity index is 560. The van der Waals surface area contributed by atoms with Crippen LogP contribution in [0.5, 0.6) is 0 Å². The lowest BCUT2D eigenvalue weighted by molar-refractivity contribution is -0.123. The van der Waals surface area contributed by atoms with Crippen molar-refractivity contribution in [2.75, 3.05) is 20.2 Å². The summed E-state index contributed by atoms with van der Waals surface area (Å²) in [4.78, 5) is 14.8. The maximum Gasteiger partial charge on any atom is 0.234 e. The molecular weight excluding hydrogens is 312 g/mol. The lowest BCUT2D eigenvalue weighted by atomic mass is 9.86. The molecule has 0 heterocycles. The fourth-order valence-electron chi connectivity index (χ4n) is 4.02. The summed E-state index contributed by atoms with van der Waals surface area (Å²) in [5.41, 5.74) is 2.48. The lowest BCUT2D eigenvalue weighted by Gasteiger charge is -2.34. The van der Waals surface area contributed by atoms with E-state index < -0.39 is 0 Å². The average Bonchev–Trinajstić information content (AvgIpc) is 3.45. The van der Waals surface area contributed by atoms with Crippen LogP contribution in [0, 0.1) is 18.8 Å². The Hall–Kier alpha value is -1.39. The highest BCUT2D eigenvalue weighted by molar-refractivity contribution is 5.78. The number of likely N-dealkylation sites (N-methyl/N-ethyl adjacent to an activating group) is 1. The molecule has 2 N–H and O–H groups in total. The molecule has 2 fully saturated rings. The van der Waals surface area contributed by atoms with Gasteiger partial charge < -0.3 is 10.4 Å². The van der Waals surface area contributed by atoms with Crippen molar-refractivity contribution in [3.05, 3.63) is 35.4 Å². The van der Waals surface area contributed by atoms with Crippen molar-refractivity contribution in [3.63, 3.8) is 0 Å². The first-order valence-electron chi connectivity index (χ1n) is 9.74. The molecule has 0 aliphatic heterocycles. The van der Waals surface area contributed by atoms with Crippen molar-refractivity contribution in [1.29, 1.82) is 0 Å². The average molecular weight is 344 g/mol. The number of aryl methyl sites for hydroxylation is 1. The van der Waals surface area contributed by atoms with E-state index in [2.05, 4.69) is 48.5 Å². The van der Waals surface area contributed by atoms with Gasteiger partial charge in [0.2, 0.25) is 5.91 Å². The Balaban J connectivity index is 1.52. The van der Waals surface area contributed by atoms with Crippen molar-refractivity contribution < 1.29 is 9.90 Å². The Morgan fingerprint density at radius 1 is 1.16 bits per heavy atom. The Morgan fingerprint density at radius 2 is 1.80 bits per heavy atom. The molecule has 2 saturated carbocycles. The molecule has 0 aromatic heterocycles. The van der Waals surface area contributed by atoms with Crippen LogP contribution in [-0.4, -0.2) is 42.2 Å². The van der Waals surface area contributed by atoms with Crippen LogP contribution >= 0.6 is 0 Å². The summed E-state index contributed by atoms with van der Waals surface area (Å²) in [5, 5.41) is 12.5. The van der Waals surface area contributed by atoms with Gasteiger partial charge in [0, 0.05) is 12.6 Å². The molecule has 0 saturated heterocycles. The second-order valence-corrected chi connectivity index (χ2v) is 8.07. The van der Waals surface area contributed by atoms with Crippen molar-refractivity contribution in [3.8, 4) is 0 Å². The monoisotopic (exact) mass is 344 g/mol. The van der Waals surface area contributed by atoms with E-state index in [1.54, 1.807) is 0 Å². The summed E-state index contributed by atoms with van der Waals surface area (Å²) >= 11 is 0. The number of aliphatic hydroxyl groups is 1. The Labute approximate surface area is 151 Å². The molecule has 1 amide bonds. The van der Waals surface area contributed by atoms with E-state index in [0.717, 1.165) is 25.7 Å². The van der Waals surface area contributed by atoms with Gasteiger partial charge in [-0.1, -0.05) is 29.8 Å². The van der Waals surface area contributed by atoms with Gasteiger partial charge in [-0.25, -0.2) is 0 Å². The molecule has 2 aliphatic rings. The van der Waals surface area contributed by atoms with Crippen LogP contribution in [0.3, 0.4) is 0 Å². The van der Waals surface area contributed by atoms with Gasteiger partial charge in [0.05, 0.1) is 12.6 Å². The molecule has 0 spiro atoms. The molecule has 1 atom stereocenters. The smallest absolute Gasteiger partial charge is 0.234 e. The number of hydrogen-bond donors (Lipinski definition) is 2. The summed E-state index contributed by atoms with van der Waals surface area (Å²) in [7, 11) is 2.06. The summed E-state index contributed by atoms with van der Waals surface area (Å²) < 4.78 is 0. The minimum Gasteiger partial charge on any atom is -0.396 e. The molecule has 138 valence electrons. The van der Waals surface area contributed by atoms with Gasteiger partial charge in [0.15, 0.2) is 0 Å². The van der Waals surface area contributed by atoms with Crippen LogP contribution in [0.2, 0.25) is 0 Å². The molecule has 4 heteroatoms. The summed E-state index contributed by atoms with van der Waals surface area (Å²) in [6.07, 6.45) is 6.72. The molecule has 1 aromatic carbocycles. The van der Waals surface area contributed by atoms with Crippen molar-refractivity contribution >= 4 is 5.91 Å². The van der Waals surface area contributed by atoms with Gasteiger partial charge in [-0.15, -0.1) is 0 Å². The topological polar surface area (TPSA) is 52.6 Å². The maximum absolute atomic E-state index is 12.6. The van der Waals surface area contributed by atoms with E-state index >= 15 is 0 Å². The van der Waals surface area contributed by atoms with Gasteiger partial charge >= 0.3 is 0 Å². The zero-order valence-corrected chi connectivity index (χ0v) is 15.6. The second kappa shape index (κ2) is 8.33. The standard InChI is InChI=1S/C21H32N2O2/c1-15-3-7-17(8-4-15)21(18-9-10-18)22-20(25)13-23(2)19-11-5-16(14-24)6-12-19/h3-4,7-8,16,18-19,21,24H,5-6,9-14H2,1-2H3,(H,22,25). The number of nitrogens with one attached hydrogen (secondary N) is 1. The summed E-state index contributed by atoms with van der Waals surface area (Å²) in [6.45, 7) is 2.86. The lowest BCUT2D eigenvalue weighted by Crippen LogP contribution is -2.43. The molecule has 0 radical (unpaired) electrons. The van der Waals surface area contributed by atoms with Gasteiger partial charge in [-0.2, -0.15) is 0 Å². The Kier molecular flexibility index (Phi) is 6.13. The van der Waals surface area contributed by atoms with Crippen LogP contribution in [0.25, 0.3) is 0 Å². The molecule has 25 heavy (non-hydrogen) atoms. The summed E-state index contributed by atoms with van der Waals surface area (Å²) in [5.74, 6) is 1.18. The van der Waals surface area contributed by atoms with Crippen molar-refractivity contribution in [2.45, 2.75) is 57.5 Å². The van der Waals surface area contributed by atoms with E-state index in [1.807, 2.05) is 0 Å². The number of hydrogen-bond acceptors (Lipinski definition) is 3. The van der Waals surface area contributed by atoms with Crippen LogP contribution in [0.4, 0.5) is 0 Å². The highest BCUT2D eigenvalue weighted by atomic mass is 16.3. The van der Waals surface area contributed by atoms with Crippen LogP contribution < -0.4 is 5.32 Å². The van der Waals surface area contributed by atoms with E-state index in [-0.39, 0.29) is 11.9 Å². The molecule has 1 aromatic rings. The predicted octanol–water partition coefficient (Wildman–Crippen LogP) is 3.05. The second-order valence-electron chi connectivity index (χ2n) is 8.07. The third-order valence-corrected chi connectivity index (χ3v) is 5.94. The molecule has 1 unspecified atom stereocenters. The van der Waals surface area contributed by atoms with Gasteiger partial charge in [-0.05, 0) is 69.9 Å². The largest absolute Gasteiger partial charge is 0.396 e. The third-order valence-electron chi connectivity index (χ3n) is 5.94. The van der Waals surface area contributed by atoms with Crippen molar-refractivity contribution in [1.82, 2.24) is 10.2 Å². The number of benzene rings is 1. The SMILES string of the molecule is Cc1ccc(C(NC(=O)CN(C)C2CCC(CO)CC2)C2CC2)cc1. The highest BCUT2D eigenvalue weighted by Crippen LogP contribution is 2.41. The van der Waals surface area contributed by atoms with E-state index in [4.69, 9.17) is 0 Å². The summed E-state index contributed by atoms with van der Waals surface area (Å²) in [6, 6.07) is 9.18. The fourth-order valence-corrected chi connectivity index (χ4v) is 4.02. The van der Waals surface area contributed by atoms with Gasteiger partial charge in [0.25, 0.3) is 0 Å². The highest BCUT2D eigenvalue weighted by Gasteiger charge is 2.34. The quantitative estimate of drug-likeness (QED) is 0.799. The van der Waals surface area contributed by atoms with Crippen molar-refractivity contribution in [2.24, 2.45) is 11.8 Å². The number of aliphatic hydroxyl groups excluding tert-OH is 1. The first-order valence-corrected chi connectivity index (χ1v) is 9.74. The van der Waals surface area contributed by atoms with Crippen LogP contribution in [-0.2, 0) is 4.79 Å². The zero-order valence-electron chi connectivity index (χ0n) is 15.6. The number of rotatable bonds is 7. The molecule has 0 bridgehead atoms. The molecule has 2 aliphatic carbocycles.